The Bertz CT molecular complexity index is 1020. The lowest BCUT2D eigenvalue weighted by Gasteiger charge is -2.36. The van der Waals surface area contributed by atoms with Crippen molar-refractivity contribution in [3.05, 3.63) is 36.2 Å². The third-order valence-electron chi connectivity index (χ3n) is 6.75. The largest absolute Gasteiger partial charge is 0.342 e. The summed E-state index contributed by atoms with van der Waals surface area (Å²) in [5.74, 6) is 1.53. The van der Waals surface area contributed by atoms with Gasteiger partial charge >= 0.3 is 0 Å². The zero-order chi connectivity index (χ0) is 22.1. The van der Waals surface area contributed by atoms with Gasteiger partial charge in [-0.1, -0.05) is 18.2 Å². The van der Waals surface area contributed by atoms with Crippen LogP contribution in [-0.4, -0.2) is 59.6 Å². The standard InChI is InChI=1S/C23H26N6O3/c24-9-6-16-13-28(14-16)23-25-21(32-26-23)17-7-10-27(11-8-17)22(31)18-12-20(30)29(15-18)19-4-2-1-3-5-19/h1-5,16-18H,6-8,10-15H2. The summed E-state index contributed by atoms with van der Waals surface area (Å²) in [7, 11) is 0. The number of nitrogens with zero attached hydrogens (tertiary/aromatic N) is 6. The van der Waals surface area contributed by atoms with Gasteiger partial charge in [-0.15, -0.1) is 0 Å². The van der Waals surface area contributed by atoms with E-state index in [-0.39, 0.29) is 30.1 Å². The number of anilines is 2. The predicted octanol–water partition coefficient (Wildman–Crippen LogP) is 2.18. The third-order valence-corrected chi connectivity index (χ3v) is 6.75. The molecule has 0 radical (unpaired) electrons. The zero-order valence-electron chi connectivity index (χ0n) is 17.9. The molecule has 3 aliphatic rings. The second-order valence-corrected chi connectivity index (χ2v) is 8.91. The second kappa shape index (κ2) is 8.61. The van der Waals surface area contributed by atoms with Gasteiger partial charge in [0.05, 0.1) is 12.0 Å². The van der Waals surface area contributed by atoms with E-state index < -0.39 is 0 Å². The highest BCUT2D eigenvalue weighted by Crippen LogP contribution is 2.32. The van der Waals surface area contributed by atoms with E-state index in [0.717, 1.165) is 31.6 Å². The number of amides is 2. The van der Waals surface area contributed by atoms with Crippen molar-refractivity contribution < 1.29 is 14.1 Å². The maximum Gasteiger partial charge on any atom is 0.266 e. The smallest absolute Gasteiger partial charge is 0.266 e. The molecule has 0 saturated carbocycles. The van der Waals surface area contributed by atoms with E-state index in [2.05, 4.69) is 16.2 Å². The molecule has 9 heteroatoms. The molecule has 2 aromatic rings. The Labute approximate surface area is 186 Å². The van der Waals surface area contributed by atoms with E-state index in [1.54, 1.807) is 4.90 Å². The van der Waals surface area contributed by atoms with E-state index in [0.29, 0.717) is 43.8 Å². The van der Waals surface area contributed by atoms with Gasteiger partial charge in [-0.2, -0.15) is 10.2 Å². The molecule has 3 saturated heterocycles. The van der Waals surface area contributed by atoms with E-state index in [9.17, 15) is 9.59 Å². The Kier molecular flexibility index (Phi) is 5.52. The summed E-state index contributed by atoms with van der Waals surface area (Å²) in [6, 6.07) is 11.7. The molecule has 0 aliphatic carbocycles. The van der Waals surface area contributed by atoms with Gasteiger partial charge in [0, 0.05) is 63.1 Å². The fraction of sp³-hybridized carbons (Fsp3) is 0.522. The van der Waals surface area contributed by atoms with Crippen LogP contribution in [0, 0.1) is 23.2 Å². The van der Waals surface area contributed by atoms with Gasteiger partial charge in [0.15, 0.2) is 0 Å². The number of nitriles is 1. The second-order valence-electron chi connectivity index (χ2n) is 8.91. The van der Waals surface area contributed by atoms with Gasteiger partial charge in [-0.25, -0.2) is 0 Å². The van der Waals surface area contributed by atoms with Gasteiger partial charge in [0.2, 0.25) is 17.7 Å². The van der Waals surface area contributed by atoms with Crippen LogP contribution in [0.2, 0.25) is 0 Å². The van der Waals surface area contributed by atoms with E-state index >= 15 is 0 Å². The molecule has 3 fully saturated rings. The average Bonchev–Trinajstić information content (AvgIpc) is 3.43. The highest BCUT2D eigenvalue weighted by atomic mass is 16.5. The molecule has 4 heterocycles. The van der Waals surface area contributed by atoms with E-state index in [1.165, 1.54) is 0 Å². The number of benzene rings is 1. The van der Waals surface area contributed by atoms with Gasteiger partial charge in [-0.3, -0.25) is 9.59 Å². The van der Waals surface area contributed by atoms with Crippen LogP contribution >= 0.6 is 0 Å². The topological polar surface area (TPSA) is 107 Å². The summed E-state index contributed by atoms with van der Waals surface area (Å²) in [6.07, 6.45) is 2.37. The molecule has 1 aromatic carbocycles. The quantitative estimate of drug-likeness (QED) is 0.710. The van der Waals surface area contributed by atoms with Crippen molar-refractivity contribution in [2.24, 2.45) is 11.8 Å². The van der Waals surface area contributed by atoms with Crippen molar-refractivity contribution in [3.8, 4) is 6.07 Å². The van der Waals surface area contributed by atoms with Gasteiger partial charge in [0.25, 0.3) is 5.95 Å². The third kappa shape index (κ3) is 3.93. The van der Waals surface area contributed by atoms with Crippen LogP contribution in [0.25, 0.3) is 0 Å². The minimum absolute atomic E-state index is 0.00540. The van der Waals surface area contributed by atoms with Gasteiger partial charge in [-0.05, 0) is 30.1 Å². The number of aromatic nitrogens is 2. The molecule has 3 aliphatic heterocycles. The Morgan fingerprint density at radius 1 is 1.16 bits per heavy atom. The first-order valence-electron chi connectivity index (χ1n) is 11.2. The number of hydrogen-bond donors (Lipinski definition) is 0. The number of carbonyl (C=O) groups excluding carboxylic acids is 2. The molecule has 0 spiro atoms. The minimum Gasteiger partial charge on any atom is -0.342 e. The summed E-state index contributed by atoms with van der Waals surface area (Å²) in [4.78, 5) is 35.7. The molecule has 32 heavy (non-hydrogen) atoms. The molecule has 2 amide bonds. The molecule has 166 valence electrons. The maximum absolute atomic E-state index is 13.1. The first-order chi connectivity index (χ1) is 15.6. The lowest BCUT2D eigenvalue weighted by atomic mass is 9.95. The Morgan fingerprint density at radius 2 is 1.91 bits per heavy atom. The number of hydrogen-bond acceptors (Lipinski definition) is 7. The number of likely N-dealkylation sites (tertiary alicyclic amines) is 1. The predicted molar refractivity (Wildman–Crippen MR) is 116 cm³/mol. The number of piperidine rings is 1. The van der Waals surface area contributed by atoms with Crippen LogP contribution in [0.3, 0.4) is 0 Å². The number of carbonyl (C=O) groups is 2. The number of para-hydroxylation sites is 1. The first kappa shape index (κ1) is 20.5. The van der Waals surface area contributed by atoms with E-state index in [4.69, 9.17) is 9.78 Å². The first-order valence-corrected chi connectivity index (χ1v) is 11.2. The molecule has 1 unspecified atom stereocenters. The summed E-state index contributed by atoms with van der Waals surface area (Å²) < 4.78 is 5.51. The van der Waals surface area contributed by atoms with Crippen LogP contribution in [-0.2, 0) is 9.59 Å². The van der Waals surface area contributed by atoms with Crippen LogP contribution in [0.5, 0.6) is 0 Å². The number of rotatable bonds is 5. The summed E-state index contributed by atoms with van der Waals surface area (Å²) in [5, 5.41) is 12.9. The highest BCUT2D eigenvalue weighted by molar-refractivity contribution is 6.00. The molecule has 0 N–H and O–H groups in total. The Balaban J connectivity index is 1.13. The van der Waals surface area contributed by atoms with Crippen molar-refractivity contribution in [1.82, 2.24) is 15.0 Å². The Morgan fingerprint density at radius 3 is 2.62 bits per heavy atom. The van der Waals surface area contributed by atoms with E-state index in [1.807, 2.05) is 40.1 Å². The lowest BCUT2D eigenvalue weighted by Crippen LogP contribution is -2.47. The van der Waals surface area contributed by atoms with Crippen molar-refractivity contribution in [3.63, 3.8) is 0 Å². The normalized spacial score (nSPS) is 22.2. The fourth-order valence-electron chi connectivity index (χ4n) is 4.85. The zero-order valence-corrected chi connectivity index (χ0v) is 17.9. The average molecular weight is 435 g/mol. The monoisotopic (exact) mass is 434 g/mol. The van der Waals surface area contributed by atoms with Crippen LogP contribution < -0.4 is 9.80 Å². The van der Waals surface area contributed by atoms with Gasteiger partial charge < -0.3 is 19.2 Å². The van der Waals surface area contributed by atoms with Crippen molar-refractivity contribution >= 4 is 23.5 Å². The molecule has 1 aromatic heterocycles. The molecule has 9 nitrogen and oxygen atoms in total. The highest BCUT2D eigenvalue weighted by Gasteiger charge is 2.39. The van der Waals surface area contributed by atoms with Gasteiger partial charge in [0.1, 0.15) is 0 Å². The maximum atomic E-state index is 13.1. The van der Waals surface area contributed by atoms with Crippen molar-refractivity contribution in [2.75, 3.05) is 42.5 Å². The van der Waals surface area contributed by atoms with Crippen LogP contribution in [0.1, 0.15) is 37.5 Å². The summed E-state index contributed by atoms with van der Waals surface area (Å²) >= 11 is 0. The molecular formula is C23H26N6O3. The lowest BCUT2D eigenvalue weighted by molar-refractivity contribution is -0.136. The van der Waals surface area contributed by atoms with Crippen molar-refractivity contribution in [2.45, 2.75) is 31.6 Å². The summed E-state index contributed by atoms with van der Waals surface area (Å²) in [5.41, 5.74) is 0.847. The van der Waals surface area contributed by atoms with Crippen LogP contribution in [0.4, 0.5) is 11.6 Å². The SMILES string of the molecule is N#CCC1CN(c2noc(C3CCN(C(=O)C4CC(=O)N(c5ccccc5)C4)CC3)n2)C1. The molecule has 5 rings (SSSR count). The fourth-order valence-corrected chi connectivity index (χ4v) is 4.85. The Hall–Kier alpha value is -3.41. The van der Waals surface area contributed by atoms with Crippen molar-refractivity contribution in [1.29, 1.82) is 5.26 Å². The molecular weight excluding hydrogens is 408 g/mol. The molecule has 1 atom stereocenters. The minimum atomic E-state index is -0.290. The molecule has 0 bridgehead atoms. The van der Waals surface area contributed by atoms with Crippen LogP contribution in [0.15, 0.2) is 34.9 Å². The summed E-state index contributed by atoms with van der Waals surface area (Å²) in [6.45, 7) is 3.28.